The molecule has 19 nitrogen and oxygen atoms in total. The monoisotopic (exact) mass is 668 g/mol. The predicted octanol–water partition coefficient (Wildman–Crippen LogP) is -4.63. The maximum Gasteiger partial charge on any atom is 0.327 e. The minimum absolute atomic E-state index is 0.0412. The van der Waals surface area contributed by atoms with Crippen molar-refractivity contribution in [2.75, 3.05) is 24.6 Å². The molecule has 0 saturated carbocycles. The number of carbonyl (C=O) groups excluding carboxylic acids is 5. The zero-order valence-corrected chi connectivity index (χ0v) is 25.2. The maximum atomic E-state index is 13.4. The van der Waals surface area contributed by atoms with Crippen molar-refractivity contribution >= 4 is 58.2 Å². The van der Waals surface area contributed by atoms with Gasteiger partial charge in [0, 0.05) is 23.8 Å². The van der Waals surface area contributed by atoms with E-state index in [4.69, 9.17) is 11.5 Å². The molecule has 0 unspecified atom stereocenters. The Morgan fingerprint density at radius 2 is 1.50 bits per heavy atom. The number of aromatic hydroxyl groups is 1. The molecule has 12 N–H and O–H groups in total. The standard InChI is InChI=1S/C26H36N8O11S/c27-26(28)29-7-1-2-15-22(40)30-10-19(36)31-17(9-21(38)39)24(42)34-18(25(43)44)11-46(45)12-20(37)32-16(23(41)33-15)8-13-3-5-14(35)6-4-13/h3-6,15-18,35H,1-2,7-12H2,(H,30,40)(H,31,36)(H,32,37)(H,33,41)(H,34,42)(H,38,39)(H,43,44)(H4,27,28,29)/t15-,16-,17-,18+,46-/m0/s1. The number of aliphatic imine (C=N–C) groups is 1. The summed E-state index contributed by atoms with van der Waals surface area (Å²) in [4.78, 5) is 91.6. The molecule has 0 radical (unpaired) electrons. The summed E-state index contributed by atoms with van der Waals surface area (Å²) in [7, 11) is -2.22. The minimum atomic E-state index is -2.22. The molecule has 0 bridgehead atoms. The van der Waals surface area contributed by atoms with Gasteiger partial charge >= 0.3 is 11.9 Å². The lowest BCUT2D eigenvalue weighted by molar-refractivity contribution is -0.143. The minimum Gasteiger partial charge on any atom is -0.508 e. The smallest absolute Gasteiger partial charge is 0.327 e. The van der Waals surface area contributed by atoms with Crippen molar-refractivity contribution < 1.29 is 53.1 Å². The molecule has 46 heavy (non-hydrogen) atoms. The van der Waals surface area contributed by atoms with E-state index >= 15 is 0 Å². The van der Waals surface area contributed by atoms with Gasteiger partial charge in [-0.1, -0.05) is 12.1 Å². The number of amides is 5. The van der Waals surface area contributed by atoms with E-state index in [0.29, 0.717) is 5.56 Å². The quantitative estimate of drug-likeness (QED) is 0.0673. The van der Waals surface area contributed by atoms with Gasteiger partial charge in [-0.3, -0.25) is 38.0 Å². The highest BCUT2D eigenvalue weighted by Crippen LogP contribution is 2.12. The van der Waals surface area contributed by atoms with Gasteiger partial charge in [-0.25, -0.2) is 4.79 Å². The topological polar surface area (TPSA) is 322 Å². The largest absolute Gasteiger partial charge is 0.508 e. The molecule has 1 aliphatic rings. The van der Waals surface area contributed by atoms with Crippen molar-refractivity contribution in [2.24, 2.45) is 16.5 Å². The van der Waals surface area contributed by atoms with Crippen LogP contribution in [0.3, 0.4) is 0 Å². The third-order valence-electron chi connectivity index (χ3n) is 6.32. The van der Waals surface area contributed by atoms with Crippen LogP contribution >= 0.6 is 0 Å². The molecule has 1 fully saturated rings. The van der Waals surface area contributed by atoms with E-state index < -0.39 is 101 Å². The number of rotatable bonds is 9. The molecule has 1 heterocycles. The number of aliphatic carboxylic acids is 2. The normalized spacial score (nSPS) is 23.7. The number of carbonyl (C=O) groups is 7. The Balaban J connectivity index is 2.42. The summed E-state index contributed by atoms with van der Waals surface area (Å²) in [5.41, 5.74) is 11.1. The Hall–Kier alpha value is -5.27. The number of carboxylic acid groups (broad SMARTS) is 2. The van der Waals surface area contributed by atoms with Crippen molar-refractivity contribution in [3.63, 3.8) is 0 Å². The molecule has 1 saturated heterocycles. The van der Waals surface area contributed by atoms with E-state index in [1.807, 2.05) is 5.32 Å². The van der Waals surface area contributed by atoms with Crippen LogP contribution in [0, 0.1) is 0 Å². The number of nitrogens with zero attached hydrogens (tertiary/aromatic N) is 1. The number of carboxylic acids is 2. The maximum absolute atomic E-state index is 13.4. The summed E-state index contributed by atoms with van der Waals surface area (Å²) >= 11 is 0. The summed E-state index contributed by atoms with van der Waals surface area (Å²) in [5, 5.41) is 39.6. The first-order valence-electron chi connectivity index (χ1n) is 13.7. The molecule has 0 spiro atoms. The van der Waals surface area contributed by atoms with Crippen molar-refractivity contribution in [1.29, 1.82) is 0 Å². The predicted molar refractivity (Wildman–Crippen MR) is 160 cm³/mol. The van der Waals surface area contributed by atoms with Gasteiger partial charge in [0.15, 0.2) is 5.96 Å². The second kappa shape index (κ2) is 17.9. The first kappa shape index (κ1) is 36.9. The Bertz CT molecular complexity index is 1370. The molecule has 0 aliphatic carbocycles. The van der Waals surface area contributed by atoms with Crippen molar-refractivity contribution in [3.05, 3.63) is 29.8 Å². The van der Waals surface area contributed by atoms with Crippen LogP contribution in [0.25, 0.3) is 0 Å². The Morgan fingerprint density at radius 3 is 2.11 bits per heavy atom. The first-order valence-corrected chi connectivity index (χ1v) is 15.2. The number of benzene rings is 1. The third kappa shape index (κ3) is 13.2. The summed E-state index contributed by atoms with van der Waals surface area (Å²) in [5.74, 6) is -9.91. The number of hydrogen-bond donors (Lipinski definition) is 10. The number of hydrogen-bond acceptors (Lipinski definition) is 10. The third-order valence-corrected chi connectivity index (χ3v) is 7.61. The molecular weight excluding hydrogens is 632 g/mol. The molecular formula is C26H36N8O11S. The van der Waals surface area contributed by atoms with E-state index in [-0.39, 0.29) is 37.5 Å². The molecule has 5 amide bonds. The zero-order valence-electron chi connectivity index (χ0n) is 24.4. The van der Waals surface area contributed by atoms with Gasteiger partial charge in [0.1, 0.15) is 35.7 Å². The highest BCUT2D eigenvalue weighted by molar-refractivity contribution is 7.85. The Kier molecular flexibility index (Phi) is 14.4. The second-order valence-electron chi connectivity index (χ2n) is 10.1. The first-order chi connectivity index (χ1) is 21.6. The van der Waals surface area contributed by atoms with E-state index in [1.54, 1.807) is 0 Å². The molecule has 1 aromatic carbocycles. The van der Waals surface area contributed by atoms with Crippen LogP contribution in [0.4, 0.5) is 0 Å². The fraction of sp³-hybridized carbons (Fsp3) is 0.462. The zero-order chi connectivity index (χ0) is 34.4. The van der Waals surface area contributed by atoms with Gasteiger partial charge < -0.3 is 53.4 Å². The Morgan fingerprint density at radius 1 is 0.870 bits per heavy atom. The van der Waals surface area contributed by atoms with Crippen LogP contribution < -0.4 is 38.1 Å². The summed E-state index contributed by atoms with van der Waals surface area (Å²) in [6.07, 6.45) is -0.966. The second-order valence-corrected chi connectivity index (χ2v) is 11.6. The van der Waals surface area contributed by atoms with E-state index in [9.17, 15) is 53.1 Å². The number of guanidine groups is 1. The fourth-order valence-corrected chi connectivity index (χ4v) is 5.21. The molecule has 1 aromatic rings. The van der Waals surface area contributed by atoms with Gasteiger partial charge in [0.25, 0.3) is 0 Å². The van der Waals surface area contributed by atoms with Gasteiger partial charge in [0.2, 0.25) is 29.5 Å². The lowest BCUT2D eigenvalue weighted by Gasteiger charge is -2.24. The van der Waals surface area contributed by atoms with Crippen LogP contribution in [0.1, 0.15) is 24.8 Å². The summed E-state index contributed by atoms with van der Waals surface area (Å²) < 4.78 is 12.8. The average molecular weight is 669 g/mol. The van der Waals surface area contributed by atoms with Gasteiger partial charge in [-0.2, -0.15) is 0 Å². The van der Waals surface area contributed by atoms with Crippen molar-refractivity contribution in [1.82, 2.24) is 26.6 Å². The van der Waals surface area contributed by atoms with E-state index in [0.717, 1.165) is 0 Å². The number of phenolic OH excluding ortho intramolecular Hbond substituents is 1. The summed E-state index contributed by atoms with van der Waals surface area (Å²) in [6.45, 7) is -0.701. The van der Waals surface area contributed by atoms with Gasteiger partial charge in [-0.15, -0.1) is 0 Å². The number of nitrogens with one attached hydrogen (secondary N) is 5. The van der Waals surface area contributed by atoms with Crippen molar-refractivity contribution in [2.45, 2.75) is 49.9 Å². The SMILES string of the molecule is NC(N)=NCCC[C@@H]1NC(=O)[C@H](Cc2ccc(O)cc2)NC(=O)C[S@@](=O)C[C@H](C(=O)O)NC(=O)[C@H](CC(=O)O)NC(=O)CNC1=O. The highest BCUT2D eigenvalue weighted by atomic mass is 32.2. The van der Waals surface area contributed by atoms with E-state index in [1.165, 1.54) is 24.3 Å². The molecule has 252 valence electrons. The lowest BCUT2D eigenvalue weighted by atomic mass is 10.0. The molecule has 20 heteroatoms. The van der Waals surface area contributed by atoms with Crippen LogP contribution in [-0.2, 0) is 50.8 Å². The van der Waals surface area contributed by atoms with E-state index in [2.05, 4.69) is 26.3 Å². The Labute approximate surface area is 264 Å². The molecule has 0 aromatic heterocycles. The molecule has 2 rings (SSSR count). The van der Waals surface area contributed by atoms with Crippen LogP contribution in [0.5, 0.6) is 5.75 Å². The van der Waals surface area contributed by atoms with Gasteiger partial charge in [0.05, 0.1) is 18.7 Å². The van der Waals surface area contributed by atoms with Gasteiger partial charge in [-0.05, 0) is 30.5 Å². The van der Waals surface area contributed by atoms with Crippen molar-refractivity contribution in [3.8, 4) is 5.75 Å². The number of phenols is 1. The molecule has 5 atom stereocenters. The fourth-order valence-electron chi connectivity index (χ4n) is 4.12. The van der Waals surface area contributed by atoms with Crippen LogP contribution in [0.15, 0.2) is 29.3 Å². The number of nitrogens with two attached hydrogens (primary N) is 2. The van der Waals surface area contributed by atoms with Crippen LogP contribution in [0.2, 0.25) is 0 Å². The van der Waals surface area contributed by atoms with Crippen LogP contribution in [-0.4, -0.2) is 116 Å². The average Bonchev–Trinajstić information content (AvgIpc) is 2.96. The molecule has 1 aliphatic heterocycles. The lowest BCUT2D eigenvalue weighted by Crippen LogP contribution is -2.57. The summed E-state index contributed by atoms with van der Waals surface area (Å²) in [6, 6.07) is -0.622. The highest BCUT2D eigenvalue weighted by Gasteiger charge is 2.32.